The second-order valence-electron chi connectivity index (χ2n) is 6.52. The van der Waals surface area contributed by atoms with Crippen molar-refractivity contribution in [1.82, 2.24) is 0 Å². The molecule has 0 saturated heterocycles. The summed E-state index contributed by atoms with van der Waals surface area (Å²) in [5.41, 5.74) is 1.53. The van der Waals surface area contributed by atoms with Gasteiger partial charge in [0.1, 0.15) is 10.0 Å². The Morgan fingerprint density at radius 3 is 2.45 bits per heavy atom. The minimum atomic E-state index is -3.94. The van der Waals surface area contributed by atoms with Crippen LogP contribution < -0.4 is 9.03 Å². The number of nitrogens with zero attached hydrogens (tertiary/aromatic N) is 1. The number of hydrogen-bond acceptors (Lipinski definition) is 5. The van der Waals surface area contributed by atoms with Gasteiger partial charge in [0.15, 0.2) is 0 Å². The Hall–Kier alpha value is -2.43. The SMILES string of the molecule is O=S(=O)(Nc1ccc2c(c1)N(S(=O)(=O)c1cccs1)CCC2)c1ccc(F)cc1. The number of benzene rings is 2. The molecule has 1 aromatic heterocycles. The van der Waals surface area contributed by atoms with Gasteiger partial charge in [-0.05, 0) is 66.2 Å². The minimum Gasteiger partial charge on any atom is -0.280 e. The van der Waals surface area contributed by atoms with E-state index in [0.717, 1.165) is 29.0 Å². The summed E-state index contributed by atoms with van der Waals surface area (Å²) in [7, 11) is -7.65. The fourth-order valence-corrected chi connectivity index (χ4v) is 6.89. The summed E-state index contributed by atoms with van der Waals surface area (Å²) in [6, 6.07) is 12.6. The van der Waals surface area contributed by atoms with E-state index in [1.807, 2.05) is 0 Å². The van der Waals surface area contributed by atoms with Crippen LogP contribution in [0.3, 0.4) is 0 Å². The van der Waals surface area contributed by atoms with Crippen molar-refractivity contribution in [3.8, 4) is 0 Å². The third-order valence-electron chi connectivity index (χ3n) is 4.58. The highest BCUT2D eigenvalue weighted by molar-refractivity contribution is 7.94. The van der Waals surface area contributed by atoms with E-state index in [0.29, 0.717) is 25.1 Å². The zero-order valence-electron chi connectivity index (χ0n) is 15.1. The molecule has 2 aromatic carbocycles. The molecule has 0 amide bonds. The number of anilines is 2. The van der Waals surface area contributed by atoms with Gasteiger partial charge in [-0.1, -0.05) is 12.1 Å². The quantitative estimate of drug-likeness (QED) is 0.638. The Balaban J connectivity index is 1.70. The Bertz CT molecular complexity index is 1240. The van der Waals surface area contributed by atoms with Crippen LogP contribution in [0.15, 0.2) is 69.1 Å². The number of nitrogens with one attached hydrogen (secondary N) is 1. The van der Waals surface area contributed by atoms with Crippen LogP contribution in [0.5, 0.6) is 0 Å². The average Bonchev–Trinajstić information content (AvgIpc) is 3.23. The van der Waals surface area contributed by atoms with Crippen molar-refractivity contribution in [2.45, 2.75) is 21.9 Å². The fourth-order valence-electron chi connectivity index (χ4n) is 3.20. The summed E-state index contributed by atoms with van der Waals surface area (Å²) in [5, 5.41) is 1.70. The first kappa shape index (κ1) is 19.9. The summed E-state index contributed by atoms with van der Waals surface area (Å²) < 4.78 is 68.3. The van der Waals surface area contributed by atoms with Gasteiger partial charge in [-0.25, -0.2) is 21.2 Å². The van der Waals surface area contributed by atoms with Crippen molar-refractivity contribution < 1.29 is 21.2 Å². The van der Waals surface area contributed by atoms with E-state index < -0.39 is 25.9 Å². The zero-order chi connectivity index (χ0) is 20.6. The summed E-state index contributed by atoms with van der Waals surface area (Å²) in [6.07, 6.45) is 1.38. The summed E-state index contributed by atoms with van der Waals surface area (Å²) in [4.78, 5) is -0.0836. The molecule has 0 atom stereocenters. The number of fused-ring (bicyclic) bond motifs is 1. The first-order valence-corrected chi connectivity index (χ1v) is 12.6. The molecular formula is C19H17FN2O4S3. The Labute approximate surface area is 172 Å². The molecule has 152 valence electrons. The van der Waals surface area contributed by atoms with Gasteiger partial charge >= 0.3 is 0 Å². The molecule has 4 rings (SSSR count). The predicted molar refractivity (Wildman–Crippen MR) is 111 cm³/mol. The molecule has 3 aromatic rings. The zero-order valence-corrected chi connectivity index (χ0v) is 17.5. The molecule has 0 spiro atoms. The molecule has 10 heteroatoms. The van der Waals surface area contributed by atoms with E-state index in [-0.39, 0.29) is 14.8 Å². The largest absolute Gasteiger partial charge is 0.280 e. The van der Waals surface area contributed by atoms with Gasteiger partial charge < -0.3 is 0 Å². The Morgan fingerprint density at radius 2 is 1.76 bits per heavy atom. The lowest BCUT2D eigenvalue weighted by Crippen LogP contribution is -2.35. The standard InChI is InChI=1S/C19H17FN2O4S3/c20-15-6-9-17(10-7-15)28(23,24)21-16-8-5-14-3-1-11-22(18(14)13-16)29(25,26)19-4-2-12-27-19/h2,4-10,12-13,21H,1,3,11H2. The second kappa shape index (κ2) is 7.43. The van der Waals surface area contributed by atoms with Crippen molar-refractivity contribution in [2.24, 2.45) is 0 Å². The van der Waals surface area contributed by atoms with E-state index in [1.54, 1.807) is 29.6 Å². The normalized spacial score (nSPS) is 14.4. The van der Waals surface area contributed by atoms with Gasteiger partial charge in [-0.3, -0.25) is 9.03 Å². The van der Waals surface area contributed by atoms with Gasteiger partial charge in [0.05, 0.1) is 16.3 Å². The monoisotopic (exact) mass is 452 g/mol. The number of hydrogen-bond donors (Lipinski definition) is 1. The van der Waals surface area contributed by atoms with E-state index in [2.05, 4.69) is 4.72 Å². The minimum absolute atomic E-state index is 0.0836. The van der Waals surface area contributed by atoms with Crippen molar-refractivity contribution in [3.05, 3.63) is 71.4 Å². The molecule has 0 aliphatic carbocycles. The lowest BCUT2D eigenvalue weighted by Gasteiger charge is -2.30. The lowest BCUT2D eigenvalue weighted by atomic mass is 10.0. The van der Waals surface area contributed by atoms with E-state index in [9.17, 15) is 21.2 Å². The molecule has 0 bridgehead atoms. The maximum absolute atomic E-state index is 13.1. The maximum atomic E-state index is 13.1. The fraction of sp³-hybridized carbons (Fsp3) is 0.158. The molecular weight excluding hydrogens is 435 g/mol. The molecule has 1 aliphatic rings. The molecule has 0 radical (unpaired) electrons. The van der Waals surface area contributed by atoms with Crippen molar-refractivity contribution in [3.63, 3.8) is 0 Å². The van der Waals surface area contributed by atoms with Crippen LogP contribution in [0.4, 0.5) is 15.8 Å². The average molecular weight is 453 g/mol. The Kier molecular flexibility index (Phi) is 5.09. The molecule has 0 unspecified atom stereocenters. The van der Waals surface area contributed by atoms with Crippen molar-refractivity contribution in [1.29, 1.82) is 0 Å². The van der Waals surface area contributed by atoms with Crippen LogP contribution >= 0.6 is 11.3 Å². The first-order valence-electron chi connectivity index (χ1n) is 8.75. The van der Waals surface area contributed by atoms with Crippen molar-refractivity contribution in [2.75, 3.05) is 15.6 Å². The number of aryl methyl sites for hydroxylation is 1. The van der Waals surface area contributed by atoms with Crippen LogP contribution in [0.2, 0.25) is 0 Å². The van der Waals surface area contributed by atoms with Gasteiger partial charge in [0.25, 0.3) is 20.0 Å². The van der Waals surface area contributed by atoms with Gasteiger partial charge in [-0.15, -0.1) is 11.3 Å². The highest BCUT2D eigenvalue weighted by atomic mass is 32.2. The lowest BCUT2D eigenvalue weighted by molar-refractivity contribution is 0.588. The molecule has 6 nitrogen and oxygen atoms in total. The maximum Gasteiger partial charge on any atom is 0.273 e. The van der Waals surface area contributed by atoms with Crippen LogP contribution in [-0.4, -0.2) is 23.4 Å². The molecule has 0 saturated carbocycles. The van der Waals surface area contributed by atoms with Crippen LogP contribution in [0.1, 0.15) is 12.0 Å². The third-order valence-corrected chi connectivity index (χ3v) is 9.16. The highest BCUT2D eigenvalue weighted by Crippen LogP contribution is 2.35. The van der Waals surface area contributed by atoms with Gasteiger partial charge in [0.2, 0.25) is 0 Å². The number of thiophene rings is 1. The van der Waals surface area contributed by atoms with Gasteiger partial charge in [-0.2, -0.15) is 0 Å². The molecule has 29 heavy (non-hydrogen) atoms. The predicted octanol–water partition coefficient (Wildman–Crippen LogP) is 3.83. The molecule has 0 fully saturated rings. The second-order valence-corrected chi connectivity index (χ2v) is 11.2. The van der Waals surface area contributed by atoms with E-state index in [4.69, 9.17) is 0 Å². The van der Waals surface area contributed by atoms with Crippen LogP contribution in [0, 0.1) is 5.82 Å². The summed E-state index contributed by atoms with van der Waals surface area (Å²) in [5.74, 6) is -0.535. The summed E-state index contributed by atoms with van der Waals surface area (Å²) in [6.45, 7) is 0.321. The van der Waals surface area contributed by atoms with Crippen LogP contribution in [-0.2, 0) is 26.5 Å². The number of rotatable bonds is 5. The topological polar surface area (TPSA) is 83.6 Å². The Morgan fingerprint density at radius 1 is 1.00 bits per heavy atom. The number of halogens is 1. The number of sulfonamides is 2. The highest BCUT2D eigenvalue weighted by Gasteiger charge is 2.30. The molecule has 1 N–H and O–H groups in total. The third kappa shape index (κ3) is 3.87. The molecule has 1 aliphatic heterocycles. The van der Waals surface area contributed by atoms with E-state index >= 15 is 0 Å². The van der Waals surface area contributed by atoms with Gasteiger partial charge in [0, 0.05) is 6.54 Å². The first-order chi connectivity index (χ1) is 13.8. The van der Waals surface area contributed by atoms with Crippen LogP contribution in [0.25, 0.3) is 0 Å². The smallest absolute Gasteiger partial charge is 0.273 e. The van der Waals surface area contributed by atoms with Crippen molar-refractivity contribution >= 4 is 42.8 Å². The summed E-state index contributed by atoms with van der Waals surface area (Å²) >= 11 is 1.14. The van der Waals surface area contributed by atoms with E-state index in [1.165, 1.54) is 22.5 Å². The molecule has 2 heterocycles.